The molecule has 1 atom stereocenters. The predicted molar refractivity (Wildman–Crippen MR) is 96.1 cm³/mol. The van der Waals surface area contributed by atoms with Crippen LogP contribution in [0.4, 0.5) is 0 Å². The van der Waals surface area contributed by atoms with E-state index in [0.717, 1.165) is 31.5 Å². The first kappa shape index (κ1) is 18.7. The van der Waals surface area contributed by atoms with E-state index in [4.69, 9.17) is 4.74 Å². The highest BCUT2D eigenvalue weighted by molar-refractivity contribution is 5.79. The summed E-state index contributed by atoms with van der Waals surface area (Å²) in [5.41, 5.74) is 0.822. The molecule has 1 amide bonds. The predicted octanol–water partition coefficient (Wildman–Crippen LogP) is 2.79. The van der Waals surface area contributed by atoms with Gasteiger partial charge in [-0.05, 0) is 45.8 Å². The molecule has 1 saturated carbocycles. The Labute approximate surface area is 145 Å². The first-order chi connectivity index (χ1) is 11.5. The minimum absolute atomic E-state index is 0.0130. The molecule has 1 heterocycles. The molecule has 1 aliphatic carbocycles. The quantitative estimate of drug-likeness (QED) is 0.715. The molecule has 1 aromatic rings. The number of carbonyl (C=O) groups is 1. The average Bonchev–Trinajstić information content (AvgIpc) is 3.32. The van der Waals surface area contributed by atoms with Crippen molar-refractivity contribution in [1.29, 1.82) is 0 Å². The lowest BCUT2D eigenvalue weighted by atomic mass is 10.1. The molecule has 1 N–H and O–H groups in total. The van der Waals surface area contributed by atoms with Crippen LogP contribution in [0, 0.1) is 12.8 Å². The van der Waals surface area contributed by atoms with E-state index in [2.05, 4.69) is 29.2 Å². The summed E-state index contributed by atoms with van der Waals surface area (Å²) in [6, 6.07) is 3.88. The van der Waals surface area contributed by atoms with E-state index in [1.54, 1.807) is 6.20 Å². The van der Waals surface area contributed by atoms with Gasteiger partial charge in [0.1, 0.15) is 6.61 Å². The zero-order valence-corrected chi connectivity index (χ0v) is 15.5. The average molecular weight is 333 g/mol. The lowest BCUT2D eigenvalue weighted by Gasteiger charge is -2.24. The summed E-state index contributed by atoms with van der Waals surface area (Å²) in [6.45, 7) is 8.49. The monoisotopic (exact) mass is 333 g/mol. The van der Waals surface area contributed by atoms with Crippen molar-refractivity contribution in [1.82, 2.24) is 15.2 Å². The van der Waals surface area contributed by atoms with E-state index in [-0.39, 0.29) is 17.4 Å². The Morgan fingerprint density at radius 1 is 1.50 bits per heavy atom. The minimum atomic E-state index is -0.197. The SMILES string of the molecule is CCCCN(C)CC(C)C(=O)NC1(COc2ncccc2C)CC1. The van der Waals surface area contributed by atoms with E-state index < -0.39 is 0 Å². The van der Waals surface area contributed by atoms with Gasteiger partial charge in [0.15, 0.2) is 0 Å². The van der Waals surface area contributed by atoms with Gasteiger partial charge in [0.2, 0.25) is 11.8 Å². The van der Waals surface area contributed by atoms with E-state index in [1.807, 2.05) is 26.0 Å². The zero-order valence-electron chi connectivity index (χ0n) is 15.5. The Hall–Kier alpha value is -1.62. The molecule has 0 bridgehead atoms. The third-order valence-corrected chi connectivity index (χ3v) is 4.62. The van der Waals surface area contributed by atoms with Gasteiger partial charge >= 0.3 is 0 Å². The maximum absolute atomic E-state index is 12.5. The second kappa shape index (κ2) is 8.47. The molecular formula is C19H31N3O2. The topological polar surface area (TPSA) is 54.5 Å². The summed E-state index contributed by atoms with van der Waals surface area (Å²) < 4.78 is 5.84. The smallest absolute Gasteiger partial charge is 0.224 e. The van der Waals surface area contributed by atoms with Crippen LogP contribution in [0.1, 0.15) is 45.1 Å². The number of amides is 1. The number of aryl methyl sites for hydroxylation is 1. The molecule has 5 nitrogen and oxygen atoms in total. The normalized spacial score (nSPS) is 16.7. The van der Waals surface area contributed by atoms with Gasteiger partial charge in [-0.25, -0.2) is 4.98 Å². The van der Waals surface area contributed by atoms with Gasteiger partial charge in [0.05, 0.1) is 5.54 Å². The lowest BCUT2D eigenvalue weighted by Crippen LogP contribution is -2.46. The van der Waals surface area contributed by atoms with Crippen molar-refractivity contribution in [3.05, 3.63) is 23.9 Å². The number of hydrogen-bond acceptors (Lipinski definition) is 4. The first-order valence-electron chi connectivity index (χ1n) is 9.01. The van der Waals surface area contributed by atoms with Gasteiger partial charge in [-0.15, -0.1) is 0 Å². The number of hydrogen-bond donors (Lipinski definition) is 1. The fourth-order valence-corrected chi connectivity index (χ4v) is 2.74. The first-order valence-corrected chi connectivity index (χ1v) is 9.01. The van der Waals surface area contributed by atoms with Crippen LogP contribution in [-0.4, -0.2) is 48.1 Å². The Bertz CT molecular complexity index is 543. The lowest BCUT2D eigenvalue weighted by molar-refractivity contribution is -0.126. The van der Waals surface area contributed by atoms with Crippen molar-refractivity contribution in [3.63, 3.8) is 0 Å². The van der Waals surface area contributed by atoms with E-state index in [1.165, 1.54) is 12.8 Å². The third-order valence-electron chi connectivity index (χ3n) is 4.62. The molecule has 0 aliphatic heterocycles. The molecule has 2 rings (SSSR count). The number of rotatable bonds is 10. The fourth-order valence-electron chi connectivity index (χ4n) is 2.74. The number of aromatic nitrogens is 1. The number of carbonyl (C=O) groups excluding carboxylic acids is 1. The number of pyridine rings is 1. The van der Waals surface area contributed by atoms with Gasteiger partial charge in [0.25, 0.3) is 0 Å². The summed E-state index contributed by atoms with van der Waals surface area (Å²) in [7, 11) is 2.08. The molecule has 24 heavy (non-hydrogen) atoms. The number of nitrogens with one attached hydrogen (secondary N) is 1. The van der Waals surface area contributed by atoms with Crippen LogP contribution in [0.15, 0.2) is 18.3 Å². The van der Waals surface area contributed by atoms with Crippen LogP contribution in [0.2, 0.25) is 0 Å². The molecule has 0 aromatic carbocycles. The Balaban J connectivity index is 1.79. The maximum atomic E-state index is 12.5. The summed E-state index contributed by atoms with van der Waals surface area (Å²) in [5.74, 6) is 0.767. The Kier molecular flexibility index (Phi) is 6.60. The molecule has 1 aromatic heterocycles. The molecular weight excluding hydrogens is 302 g/mol. The molecule has 0 saturated heterocycles. The van der Waals surface area contributed by atoms with Crippen LogP contribution in [0.5, 0.6) is 5.88 Å². The minimum Gasteiger partial charge on any atom is -0.475 e. The summed E-state index contributed by atoms with van der Waals surface area (Å²) in [6.07, 6.45) is 6.03. The molecule has 1 unspecified atom stereocenters. The number of nitrogens with zero attached hydrogens (tertiary/aromatic N) is 2. The Morgan fingerprint density at radius 3 is 2.88 bits per heavy atom. The highest BCUT2D eigenvalue weighted by Crippen LogP contribution is 2.36. The molecule has 1 fully saturated rings. The van der Waals surface area contributed by atoms with Gasteiger partial charge in [0, 0.05) is 24.2 Å². The Morgan fingerprint density at radius 2 is 2.25 bits per heavy atom. The van der Waals surface area contributed by atoms with Gasteiger partial charge in [-0.3, -0.25) is 4.79 Å². The number of ether oxygens (including phenoxy) is 1. The third kappa shape index (κ3) is 5.48. The standard InChI is InChI=1S/C19H31N3O2/c1-5-6-12-22(4)13-16(3)17(23)21-19(9-10-19)14-24-18-15(2)8-7-11-20-18/h7-8,11,16H,5-6,9-10,12-14H2,1-4H3,(H,21,23). The van der Waals surface area contributed by atoms with Gasteiger partial charge < -0.3 is 15.0 Å². The largest absolute Gasteiger partial charge is 0.475 e. The van der Waals surface area contributed by atoms with Crippen molar-refractivity contribution in [2.75, 3.05) is 26.7 Å². The molecule has 0 spiro atoms. The summed E-state index contributed by atoms with van der Waals surface area (Å²) in [5, 5.41) is 3.20. The second-order valence-corrected chi connectivity index (χ2v) is 7.20. The molecule has 1 aliphatic rings. The van der Waals surface area contributed by atoms with Crippen LogP contribution in [-0.2, 0) is 4.79 Å². The van der Waals surface area contributed by atoms with E-state index >= 15 is 0 Å². The van der Waals surface area contributed by atoms with Crippen LogP contribution < -0.4 is 10.1 Å². The van der Waals surface area contributed by atoms with E-state index in [9.17, 15) is 4.79 Å². The number of unbranched alkanes of at least 4 members (excludes halogenated alkanes) is 1. The van der Waals surface area contributed by atoms with E-state index in [0.29, 0.717) is 12.5 Å². The van der Waals surface area contributed by atoms with Gasteiger partial charge in [-0.2, -0.15) is 0 Å². The molecule has 5 heteroatoms. The summed E-state index contributed by atoms with van der Waals surface area (Å²) in [4.78, 5) is 19.0. The van der Waals surface area contributed by atoms with Crippen molar-refractivity contribution in [2.45, 2.75) is 52.0 Å². The van der Waals surface area contributed by atoms with Crippen molar-refractivity contribution >= 4 is 5.91 Å². The van der Waals surface area contributed by atoms with Crippen molar-refractivity contribution in [3.8, 4) is 5.88 Å². The zero-order chi connectivity index (χ0) is 17.6. The fraction of sp³-hybridized carbons (Fsp3) is 0.684. The van der Waals surface area contributed by atoms with Crippen LogP contribution >= 0.6 is 0 Å². The highest BCUT2D eigenvalue weighted by atomic mass is 16.5. The van der Waals surface area contributed by atoms with Crippen molar-refractivity contribution < 1.29 is 9.53 Å². The van der Waals surface area contributed by atoms with Crippen molar-refractivity contribution in [2.24, 2.45) is 5.92 Å². The molecule has 134 valence electrons. The molecule has 0 radical (unpaired) electrons. The highest BCUT2D eigenvalue weighted by Gasteiger charge is 2.45. The van der Waals surface area contributed by atoms with Crippen LogP contribution in [0.3, 0.4) is 0 Å². The van der Waals surface area contributed by atoms with Crippen LogP contribution in [0.25, 0.3) is 0 Å². The maximum Gasteiger partial charge on any atom is 0.224 e. The van der Waals surface area contributed by atoms with Gasteiger partial charge in [-0.1, -0.05) is 26.3 Å². The second-order valence-electron chi connectivity index (χ2n) is 7.20. The summed E-state index contributed by atoms with van der Waals surface area (Å²) >= 11 is 0.